The molecule has 1 nitrogen and oxygen atoms in total. The Morgan fingerprint density at radius 1 is 1.22 bits per heavy atom. The quantitative estimate of drug-likeness (QED) is 0.560. The molecular formula is C7H16ClN. The van der Waals surface area contributed by atoms with Crippen molar-refractivity contribution >= 4 is 12.4 Å². The molecule has 0 aromatic carbocycles. The third-order valence-corrected chi connectivity index (χ3v) is 2.18. The van der Waals surface area contributed by atoms with Gasteiger partial charge in [0, 0.05) is 6.04 Å². The van der Waals surface area contributed by atoms with Gasteiger partial charge in [0.05, 0.1) is 0 Å². The Labute approximate surface area is 63.4 Å². The molecule has 2 heteroatoms. The fourth-order valence-electron chi connectivity index (χ4n) is 1.34. The minimum Gasteiger partial charge on any atom is -0.327 e. The van der Waals surface area contributed by atoms with Crippen molar-refractivity contribution in [2.45, 2.75) is 38.6 Å². The van der Waals surface area contributed by atoms with Gasteiger partial charge < -0.3 is 5.73 Å². The second-order valence-electron chi connectivity index (χ2n) is 2.93. The molecule has 0 aromatic rings. The smallest absolute Gasteiger partial charge is 0.00645 e. The predicted molar refractivity (Wildman–Crippen MR) is 42.9 cm³/mol. The van der Waals surface area contributed by atoms with Crippen LogP contribution in [0.3, 0.4) is 0 Å². The molecule has 0 saturated heterocycles. The normalized spacial score (nSPS) is 35.3. The maximum absolute atomic E-state index is 5.78. The molecule has 0 amide bonds. The van der Waals surface area contributed by atoms with Crippen molar-refractivity contribution in [1.29, 1.82) is 0 Å². The first kappa shape index (κ1) is 9.25. The van der Waals surface area contributed by atoms with Gasteiger partial charge in [0.1, 0.15) is 0 Å². The van der Waals surface area contributed by atoms with Crippen LogP contribution in [0.5, 0.6) is 0 Å². The van der Waals surface area contributed by atoms with Crippen molar-refractivity contribution in [3.8, 4) is 0 Å². The maximum atomic E-state index is 5.78. The van der Waals surface area contributed by atoms with Crippen molar-refractivity contribution in [2.75, 3.05) is 0 Å². The summed E-state index contributed by atoms with van der Waals surface area (Å²) < 4.78 is 0. The van der Waals surface area contributed by atoms with Crippen molar-refractivity contribution in [3.63, 3.8) is 0 Å². The van der Waals surface area contributed by atoms with E-state index in [2.05, 4.69) is 6.92 Å². The lowest BCUT2D eigenvalue weighted by molar-refractivity contribution is 0.331. The second-order valence-corrected chi connectivity index (χ2v) is 2.93. The Bertz CT molecular complexity index is 65.3. The molecule has 0 radical (unpaired) electrons. The largest absolute Gasteiger partial charge is 0.327 e. The van der Waals surface area contributed by atoms with E-state index < -0.39 is 0 Å². The van der Waals surface area contributed by atoms with Crippen LogP contribution in [-0.2, 0) is 0 Å². The summed E-state index contributed by atoms with van der Waals surface area (Å²) in [6.07, 6.45) is 5.35. The summed E-state index contributed by atoms with van der Waals surface area (Å²) in [5.41, 5.74) is 5.78. The molecule has 0 unspecified atom stereocenters. The summed E-state index contributed by atoms with van der Waals surface area (Å²) in [4.78, 5) is 0. The number of rotatable bonds is 0. The van der Waals surface area contributed by atoms with E-state index in [-0.39, 0.29) is 12.4 Å². The predicted octanol–water partition coefficient (Wildman–Crippen LogP) is 1.95. The van der Waals surface area contributed by atoms with Crippen LogP contribution in [-0.4, -0.2) is 6.04 Å². The lowest BCUT2D eigenvalue weighted by Crippen LogP contribution is -2.30. The summed E-state index contributed by atoms with van der Waals surface area (Å²) in [6.45, 7) is 2.25. The molecule has 0 bridgehead atoms. The summed E-state index contributed by atoms with van der Waals surface area (Å²) in [5, 5.41) is 0. The van der Waals surface area contributed by atoms with E-state index in [1.54, 1.807) is 0 Å². The van der Waals surface area contributed by atoms with Crippen molar-refractivity contribution < 1.29 is 0 Å². The average Bonchev–Trinajstić information content (AvgIpc) is 1.77. The lowest BCUT2D eigenvalue weighted by atomic mass is 9.87. The summed E-state index contributed by atoms with van der Waals surface area (Å²) in [7, 11) is 0. The zero-order valence-electron chi connectivity index (χ0n) is 5.97. The van der Waals surface area contributed by atoms with Crippen LogP contribution >= 0.6 is 12.4 Å². The van der Waals surface area contributed by atoms with E-state index in [0.29, 0.717) is 6.04 Å². The van der Waals surface area contributed by atoms with E-state index in [1.807, 2.05) is 0 Å². The highest BCUT2D eigenvalue weighted by Crippen LogP contribution is 2.21. The third-order valence-electron chi connectivity index (χ3n) is 2.18. The standard InChI is InChI=1S/C7H15N.ClH/c1-6-4-2-3-5-7(6)8;/h6-7H,2-5,8H2,1H3;1H/t6-,7+;/m0./s1. The molecule has 56 valence electrons. The minimum atomic E-state index is 0. The molecule has 1 aliphatic rings. The van der Waals surface area contributed by atoms with E-state index in [9.17, 15) is 0 Å². The summed E-state index contributed by atoms with van der Waals surface area (Å²) in [5.74, 6) is 0.781. The number of nitrogens with two attached hydrogens (primary N) is 1. The fourth-order valence-corrected chi connectivity index (χ4v) is 1.34. The van der Waals surface area contributed by atoms with Crippen LogP contribution in [0.25, 0.3) is 0 Å². The van der Waals surface area contributed by atoms with Crippen molar-refractivity contribution in [1.82, 2.24) is 0 Å². The van der Waals surface area contributed by atoms with Crippen LogP contribution in [0, 0.1) is 5.92 Å². The fraction of sp³-hybridized carbons (Fsp3) is 1.00. The molecule has 1 rings (SSSR count). The summed E-state index contributed by atoms with van der Waals surface area (Å²) >= 11 is 0. The Morgan fingerprint density at radius 3 is 2.11 bits per heavy atom. The van der Waals surface area contributed by atoms with Crippen molar-refractivity contribution in [3.05, 3.63) is 0 Å². The second kappa shape index (κ2) is 4.13. The van der Waals surface area contributed by atoms with Gasteiger partial charge in [-0.05, 0) is 18.8 Å². The van der Waals surface area contributed by atoms with Gasteiger partial charge >= 0.3 is 0 Å². The van der Waals surface area contributed by atoms with Gasteiger partial charge in [0.2, 0.25) is 0 Å². The molecule has 2 N–H and O–H groups in total. The summed E-state index contributed by atoms with van der Waals surface area (Å²) in [6, 6.07) is 0.503. The van der Waals surface area contributed by atoms with Crippen molar-refractivity contribution in [2.24, 2.45) is 11.7 Å². The van der Waals surface area contributed by atoms with Crippen LogP contribution < -0.4 is 5.73 Å². The average molecular weight is 150 g/mol. The van der Waals surface area contributed by atoms with Gasteiger partial charge in [-0.2, -0.15) is 0 Å². The van der Waals surface area contributed by atoms with Gasteiger partial charge in [0.25, 0.3) is 0 Å². The van der Waals surface area contributed by atoms with Gasteiger partial charge in [-0.25, -0.2) is 0 Å². The van der Waals surface area contributed by atoms with Crippen LogP contribution in [0.1, 0.15) is 32.6 Å². The maximum Gasteiger partial charge on any atom is 0.00645 e. The molecule has 1 fully saturated rings. The van der Waals surface area contributed by atoms with E-state index in [1.165, 1.54) is 25.7 Å². The van der Waals surface area contributed by atoms with Crippen LogP contribution in [0.2, 0.25) is 0 Å². The molecular weight excluding hydrogens is 134 g/mol. The highest BCUT2D eigenvalue weighted by Gasteiger charge is 2.15. The monoisotopic (exact) mass is 149 g/mol. The Balaban J connectivity index is 0.000000640. The Morgan fingerprint density at radius 2 is 1.78 bits per heavy atom. The number of hydrogen-bond acceptors (Lipinski definition) is 1. The SMILES string of the molecule is C[C@H]1CCCC[C@H]1N.Cl. The molecule has 1 aliphatic carbocycles. The molecule has 2 atom stereocenters. The molecule has 0 aliphatic heterocycles. The highest BCUT2D eigenvalue weighted by molar-refractivity contribution is 5.85. The number of halogens is 1. The van der Waals surface area contributed by atoms with Gasteiger partial charge in [-0.15, -0.1) is 12.4 Å². The van der Waals surface area contributed by atoms with Gasteiger partial charge in [-0.3, -0.25) is 0 Å². The first-order valence-corrected chi connectivity index (χ1v) is 3.56. The molecule has 0 heterocycles. The molecule has 9 heavy (non-hydrogen) atoms. The van der Waals surface area contributed by atoms with Gasteiger partial charge in [0.15, 0.2) is 0 Å². The zero-order chi connectivity index (χ0) is 5.98. The van der Waals surface area contributed by atoms with Crippen LogP contribution in [0.15, 0.2) is 0 Å². The minimum absolute atomic E-state index is 0. The lowest BCUT2D eigenvalue weighted by Gasteiger charge is -2.24. The zero-order valence-corrected chi connectivity index (χ0v) is 6.79. The molecule has 0 spiro atoms. The molecule has 0 aromatic heterocycles. The van der Waals surface area contributed by atoms with E-state index >= 15 is 0 Å². The molecule has 1 saturated carbocycles. The topological polar surface area (TPSA) is 26.0 Å². The Kier molecular flexibility index (Phi) is 4.24. The highest BCUT2D eigenvalue weighted by atomic mass is 35.5. The van der Waals surface area contributed by atoms with Gasteiger partial charge in [-0.1, -0.05) is 19.8 Å². The van der Waals surface area contributed by atoms with E-state index in [0.717, 1.165) is 5.92 Å². The van der Waals surface area contributed by atoms with Crippen LogP contribution in [0.4, 0.5) is 0 Å². The first-order chi connectivity index (χ1) is 3.80. The van der Waals surface area contributed by atoms with E-state index in [4.69, 9.17) is 5.73 Å². The first-order valence-electron chi connectivity index (χ1n) is 3.56. The number of hydrogen-bond donors (Lipinski definition) is 1. The Hall–Kier alpha value is 0.250. The third kappa shape index (κ3) is 2.55.